The van der Waals surface area contributed by atoms with Crippen LogP contribution in [-0.4, -0.2) is 37.3 Å². The molecule has 1 aromatic rings. The fourth-order valence-electron chi connectivity index (χ4n) is 1.89. The first-order chi connectivity index (χ1) is 9.60. The Kier molecular flexibility index (Phi) is 4.36. The molecule has 0 spiro atoms. The Morgan fingerprint density at radius 3 is 2.95 bits per heavy atom. The highest BCUT2D eigenvalue weighted by Crippen LogP contribution is 2.28. The summed E-state index contributed by atoms with van der Waals surface area (Å²) in [6, 6.07) is 3.58. The van der Waals surface area contributed by atoms with Gasteiger partial charge >= 0.3 is 6.03 Å². The first-order valence-corrected chi connectivity index (χ1v) is 6.08. The van der Waals surface area contributed by atoms with Crippen molar-refractivity contribution >= 4 is 17.4 Å². The smallest absolute Gasteiger partial charge is 0.319 e. The third-order valence-corrected chi connectivity index (χ3v) is 2.91. The molecule has 2 rings (SSSR count). The summed E-state index contributed by atoms with van der Waals surface area (Å²) in [5.74, 6) is 0.233. The zero-order valence-electron chi connectivity index (χ0n) is 10.9. The third kappa shape index (κ3) is 3.35. The number of nitro benzene ring substituents is 1. The van der Waals surface area contributed by atoms with Gasteiger partial charge in [0, 0.05) is 12.7 Å². The molecule has 0 saturated carbocycles. The quantitative estimate of drug-likeness (QED) is 0.643. The highest BCUT2D eigenvalue weighted by atomic mass is 16.6. The number of nitrogens with one attached hydrogen (secondary N) is 2. The number of urea groups is 1. The Hall–Kier alpha value is -2.35. The van der Waals surface area contributed by atoms with Gasteiger partial charge in [-0.25, -0.2) is 4.79 Å². The average Bonchev–Trinajstić information content (AvgIpc) is 2.91. The van der Waals surface area contributed by atoms with Gasteiger partial charge in [-0.05, 0) is 12.5 Å². The lowest BCUT2D eigenvalue weighted by atomic mass is 10.2. The van der Waals surface area contributed by atoms with Gasteiger partial charge in [0.25, 0.3) is 5.69 Å². The van der Waals surface area contributed by atoms with E-state index in [2.05, 4.69) is 10.6 Å². The summed E-state index contributed by atoms with van der Waals surface area (Å²) in [5.41, 5.74) is 0.270. The maximum Gasteiger partial charge on any atom is 0.319 e. The van der Waals surface area contributed by atoms with Crippen LogP contribution >= 0.6 is 0 Å². The average molecular weight is 281 g/mol. The van der Waals surface area contributed by atoms with Crippen LogP contribution in [0.15, 0.2) is 18.2 Å². The van der Waals surface area contributed by atoms with Crippen LogP contribution in [0.1, 0.15) is 6.42 Å². The highest BCUT2D eigenvalue weighted by Gasteiger charge is 2.19. The molecule has 1 aliphatic heterocycles. The zero-order chi connectivity index (χ0) is 14.5. The number of carbonyl (C=O) groups is 1. The molecule has 2 amide bonds. The van der Waals surface area contributed by atoms with E-state index in [1.807, 2.05) is 0 Å². The summed E-state index contributed by atoms with van der Waals surface area (Å²) in [7, 11) is 1.38. The van der Waals surface area contributed by atoms with E-state index in [4.69, 9.17) is 9.47 Å². The molecule has 1 aliphatic rings. The molecule has 0 radical (unpaired) electrons. The number of rotatable bonds is 4. The molecule has 1 saturated heterocycles. The number of methoxy groups -OCH3 is 1. The molecule has 20 heavy (non-hydrogen) atoms. The number of carbonyl (C=O) groups excluding carboxylic acids is 1. The maximum absolute atomic E-state index is 11.8. The van der Waals surface area contributed by atoms with Crippen LogP contribution in [-0.2, 0) is 4.74 Å². The fourth-order valence-corrected chi connectivity index (χ4v) is 1.89. The minimum atomic E-state index is -0.526. The molecule has 0 aromatic heterocycles. The van der Waals surface area contributed by atoms with Crippen molar-refractivity contribution < 1.29 is 19.2 Å². The zero-order valence-corrected chi connectivity index (χ0v) is 10.9. The van der Waals surface area contributed by atoms with E-state index in [1.54, 1.807) is 0 Å². The molecule has 1 atom stereocenters. The molecular weight excluding hydrogens is 266 g/mol. The second-order valence-corrected chi connectivity index (χ2v) is 4.30. The van der Waals surface area contributed by atoms with Crippen LogP contribution in [0, 0.1) is 10.1 Å². The van der Waals surface area contributed by atoms with Crippen molar-refractivity contribution in [2.75, 3.05) is 25.6 Å². The summed E-state index contributed by atoms with van der Waals surface area (Å²) in [4.78, 5) is 21.9. The van der Waals surface area contributed by atoms with Gasteiger partial charge in [-0.1, -0.05) is 0 Å². The van der Waals surface area contributed by atoms with Crippen LogP contribution in [0.4, 0.5) is 16.2 Å². The van der Waals surface area contributed by atoms with Crippen molar-refractivity contribution in [3.8, 4) is 5.75 Å². The van der Waals surface area contributed by atoms with Gasteiger partial charge in [0.15, 0.2) is 0 Å². The molecule has 1 aromatic carbocycles. The number of anilines is 1. The van der Waals surface area contributed by atoms with E-state index in [0.717, 1.165) is 6.42 Å². The number of nitro groups is 1. The number of benzene rings is 1. The van der Waals surface area contributed by atoms with Gasteiger partial charge in [0.05, 0.1) is 36.4 Å². The van der Waals surface area contributed by atoms with E-state index >= 15 is 0 Å². The van der Waals surface area contributed by atoms with Crippen molar-refractivity contribution in [3.63, 3.8) is 0 Å². The topological polar surface area (TPSA) is 103 Å². The molecule has 8 heteroatoms. The summed E-state index contributed by atoms with van der Waals surface area (Å²) in [6.07, 6.45) is 0.769. The summed E-state index contributed by atoms with van der Waals surface area (Å²) < 4.78 is 10.2. The normalized spacial score (nSPS) is 17.6. The lowest BCUT2D eigenvalue weighted by molar-refractivity contribution is -0.384. The lowest BCUT2D eigenvalue weighted by Crippen LogP contribution is -2.38. The molecule has 0 bridgehead atoms. The van der Waals surface area contributed by atoms with Crippen LogP contribution in [0.25, 0.3) is 0 Å². The molecule has 1 fully saturated rings. The summed E-state index contributed by atoms with van der Waals surface area (Å²) in [5, 5.41) is 16.0. The molecule has 8 nitrogen and oxygen atoms in total. The van der Waals surface area contributed by atoms with E-state index in [-0.39, 0.29) is 17.5 Å². The van der Waals surface area contributed by atoms with Gasteiger partial charge < -0.3 is 20.1 Å². The van der Waals surface area contributed by atoms with Crippen LogP contribution in [0.5, 0.6) is 5.75 Å². The Bertz CT molecular complexity index is 514. The monoisotopic (exact) mass is 281 g/mol. The van der Waals surface area contributed by atoms with Crippen LogP contribution < -0.4 is 15.4 Å². The SMILES string of the molecule is COc1cc([N+](=O)[O-])ccc1NC(=O)NC1CCOC1. The fraction of sp³-hybridized carbons (Fsp3) is 0.417. The number of ether oxygens (including phenoxy) is 2. The van der Waals surface area contributed by atoms with E-state index in [1.165, 1.54) is 25.3 Å². The van der Waals surface area contributed by atoms with Gasteiger partial charge in [-0.3, -0.25) is 10.1 Å². The Balaban J connectivity index is 2.04. The number of non-ortho nitro benzene ring substituents is 1. The second-order valence-electron chi connectivity index (χ2n) is 4.30. The van der Waals surface area contributed by atoms with Crippen molar-refractivity contribution in [1.82, 2.24) is 5.32 Å². The van der Waals surface area contributed by atoms with Gasteiger partial charge in [-0.15, -0.1) is 0 Å². The largest absolute Gasteiger partial charge is 0.494 e. The van der Waals surface area contributed by atoms with E-state index in [0.29, 0.717) is 18.9 Å². The van der Waals surface area contributed by atoms with E-state index < -0.39 is 11.0 Å². The second kappa shape index (κ2) is 6.20. The molecule has 1 unspecified atom stereocenters. The minimum Gasteiger partial charge on any atom is -0.494 e. The van der Waals surface area contributed by atoms with E-state index in [9.17, 15) is 14.9 Å². The van der Waals surface area contributed by atoms with Crippen molar-refractivity contribution in [1.29, 1.82) is 0 Å². The predicted molar refractivity (Wildman–Crippen MR) is 71.0 cm³/mol. The van der Waals surface area contributed by atoms with Crippen molar-refractivity contribution in [2.24, 2.45) is 0 Å². The first kappa shape index (κ1) is 14.1. The third-order valence-electron chi connectivity index (χ3n) is 2.91. The maximum atomic E-state index is 11.8. The molecule has 108 valence electrons. The van der Waals surface area contributed by atoms with Crippen molar-refractivity contribution in [2.45, 2.75) is 12.5 Å². The number of nitrogens with zero attached hydrogens (tertiary/aromatic N) is 1. The van der Waals surface area contributed by atoms with Gasteiger partial charge in [0.2, 0.25) is 0 Å². The van der Waals surface area contributed by atoms with Crippen molar-refractivity contribution in [3.05, 3.63) is 28.3 Å². The summed E-state index contributed by atoms with van der Waals surface area (Å²) in [6.45, 7) is 1.12. The Morgan fingerprint density at radius 2 is 2.35 bits per heavy atom. The molecule has 2 N–H and O–H groups in total. The lowest BCUT2D eigenvalue weighted by Gasteiger charge is -2.13. The molecule has 1 heterocycles. The standard InChI is InChI=1S/C12H15N3O5/c1-19-11-6-9(15(17)18)2-3-10(11)14-12(16)13-8-4-5-20-7-8/h2-3,6,8H,4-5,7H2,1H3,(H2,13,14,16). The predicted octanol–water partition coefficient (Wildman–Crippen LogP) is 1.51. The van der Waals surface area contributed by atoms with Crippen LogP contribution in [0.3, 0.4) is 0 Å². The van der Waals surface area contributed by atoms with Crippen LogP contribution in [0.2, 0.25) is 0 Å². The first-order valence-electron chi connectivity index (χ1n) is 6.08. The number of hydrogen-bond donors (Lipinski definition) is 2. The number of hydrogen-bond acceptors (Lipinski definition) is 5. The molecule has 0 aliphatic carbocycles. The number of amides is 2. The summed E-state index contributed by atoms with van der Waals surface area (Å²) >= 11 is 0. The minimum absolute atomic E-state index is 0.0148. The highest BCUT2D eigenvalue weighted by molar-refractivity contribution is 5.91. The van der Waals surface area contributed by atoms with Gasteiger partial charge in [-0.2, -0.15) is 0 Å². The van der Waals surface area contributed by atoms with Gasteiger partial charge in [0.1, 0.15) is 5.75 Å². The molecular formula is C12H15N3O5. The Morgan fingerprint density at radius 1 is 1.55 bits per heavy atom. The Labute approximate surface area is 115 Å².